The van der Waals surface area contributed by atoms with Gasteiger partial charge < -0.3 is 23.7 Å². The Morgan fingerprint density at radius 2 is 1.91 bits per heavy atom. The SMILES string of the molecule is C=CC[C@H](C)OC(=O)c1c(CCC[C@@H]2OC(C)(C)O[C@@H]2C(=O)C=C)cc(OC)cc1OC. The van der Waals surface area contributed by atoms with Crippen LogP contribution in [0.15, 0.2) is 37.4 Å². The molecule has 1 fully saturated rings. The number of carbonyl (C=O) groups is 2. The van der Waals surface area contributed by atoms with E-state index in [1.807, 2.05) is 6.92 Å². The van der Waals surface area contributed by atoms with Crippen molar-refractivity contribution in [2.45, 2.75) is 70.6 Å². The second kappa shape index (κ2) is 11.3. The average Bonchev–Trinajstić information content (AvgIpc) is 3.06. The predicted octanol–water partition coefficient (Wildman–Crippen LogP) is 4.42. The molecule has 1 aromatic carbocycles. The molecule has 3 atom stereocenters. The lowest BCUT2D eigenvalue weighted by molar-refractivity contribution is -0.153. The van der Waals surface area contributed by atoms with Gasteiger partial charge in [-0.1, -0.05) is 12.7 Å². The highest BCUT2D eigenvalue weighted by Gasteiger charge is 2.43. The van der Waals surface area contributed by atoms with Crippen molar-refractivity contribution in [1.82, 2.24) is 0 Å². The third-order valence-corrected chi connectivity index (χ3v) is 5.22. The fourth-order valence-electron chi connectivity index (χ4n) is 3.77. The van der Waals surface area contributed by atoms with Crippen LogP contribution in [0.25, 0.3) is 0 Å². The van der Waals surface area contributed by atoms with Crippen LogP contribution < -0.4 is 9.47 Å². The van der Waals surface area contributed by atoms with Crippen molar-refractivity contribution < 1.29 is 33.3 Å². The van der Waals surface area contributed by atoms with E-state index in [-0.39, 0.29) is 11.9 Å². The van der Waals surface area contributed by atoms with E-state index in [0.29, 0.717) is 42.7 Å². The zero-order valence-electron chi connectivity index (χ0n) is 19.6. The number of methoxy groups -OCH3 is 2. The van der Waals surface area contributed by atoms with Gasteiger partial charge in [0.25, 0.3) is 0 Å². The Morgan fingerprint density at radius 3 is 2.50 bits per heavy atom. The molecule has 0 saturated carbocycles. The van der Waals surface area contributed by atoms with Gasteiger partial charge in [-0.25, -0.2) is 4.79 Å². The quantitative estimate of drug-likeness (QED) is 0.267. The van der Waals surface area contributed by atoms with Crippen LogP contribution in [0.3, 0.4) is 0 Å². The molecule has 0 amide bonds. The van der Waals surface area contributed by atoms with Gasteiger partial charge in [-0.15, -0.1) is 6.58 Å². The summed E-state index contributed by atoms with van der Waals surface area (Å²) in [5.74, 6) is -0.548. The number of benzene rings is 1. The fourth-order valence-corrected chi connectivity index (χ4v) is 3.77. The summed E-state index contributed by atoms with van der Waals surface area (Å²) < 4.78 is 28.1. The lowest BCUT2D eigenvalue weighted by atomic mass is 9.97. The van der Waals surface area contributed by atoms with Crippen LogP contribution in [-0.4, -0.2) is 50.1 Å². The molecule has 1 aromatic rings. The molecule has 1 heterocycles. The maximum Gasteiger partial charge on any atom is 0.342 e. The minimum atomic E-state index is -0.844. The van der Waals surface area contributed by atoms with Gasteiger partial charge in [-0.3, -0.25) is 4.79 Å². The Balaban J connectivity index is 2.22. The zero-order valence-corrected chi connectivity index (χ0v) is 19.6. The average molecular weight is 447 g/mol. The maximum atomic E-state index is 12.9. The van der Waals surface area contributed by atoms with E-state index in [4.69, 9.17) is 23.7 Å². The molecule has 32 heavy (non-hydrogen) atoms. The van der Waals surface area contributed by atoms with E-state index < -0.39 is 24.0 Å². The Bertz CT molecular complexity index is 843. The molecule has 0 unspecified atom stereocenters. The van der Waals surface area contributed by atoms with Crippen LogP contribution in [0, 0.1) is 0 Å². The molecule has 0 aromatic heterocycles. The molecule has 0 N–H and O–H groups in total. The van der Waals surface area contributed by atoms with Crippen molar-refractivity contribution in [1.29, 1.82) is 0 Å². The molecule has 0 spiro atoms. The molecule has 1 aliphatic heterocycles. The first-order valence-corrected chi connectivity index (χ1v) is 10.7. The predicted molar refractivity (Wildman–Crippen MR) is 121 cm³/mol. The highest BCUT2D eigenvalue weighted by Crippen LogP contribution is 2.34. The summed E-state index contributed by atoms with van der Waals surface area (Å²) >= 11 is 0. The molecule has 1 aliphatic rings. The van der Waals surface area contributed by atoms with Gasteiger partial charge in [0.15, 0.2) is 11.6 Å². The molecule has 0 bridgehead atoms. The Hall–Kier alpha value is -2.64. The summed E-state index contributed by atoms with van der Waals surface area (Å²) in [5, 5.41) is 0. The Morgan fingerprint density at radius 1 is 1.19 bits per heavy atom. The monoisotopic (exact) mass is 446 g/mol. The van der Waals surface area contributed by atoms with Gasteiger partial charge in [-0.2, -0.15) is 0 Å². The number of aryl methyl sites for hydroxylation is 1. The lowest BCUT2D eigenvalue weighted by Gasteiger charge is -2.19. The first kappa shape index (κ1) is 25.6. The number of ether oxygens (including phenoxy) is 5. The van der Waals surface area contributed by atoms with Gasteiger partial charge in [0.1, 0.15) is 29.3 Å². The Labute approximate surface area is 190 Å². The topological polar surface area (TPSA) is 80.3 Å². The summed E-state index contributed by atoms with van der Waals surface area (Å²) in [6.07, 6.45) is 3.85. The van der Waals surface area contributed by atoms with Crippen molar-refractivity contribution in [2.24, 2.45) is 0 Å². The van der Waals surface area contributed by atoms with Crippen LogP contribution in [0.2, 0.25) is 0 Å². The van der Waals surface area contributed by atoms with Crippen molar-refractivity contribution in [3.05, 3.63) is 48.6 Å². The number of carbonyl (C=O) groups excluding carboxylic acids is 2. The van der Waals surface area contributed by atoms with Gasteiger partial charge in [0.05, 0.1) is 20.3 Å². The van der Waals surface area contributed by atoms with Crippen molar-refractivity contribution >= 4 is 11.8 Å². The van der Waals surface area contributed by atoms with Crippen molar-refractivity contribution in [2.75, 3.05) is 14.2 Å². The van der Waals surface area contributed by atoms with Gasteiger partial charge in [-0.05, 0) is 57.7 Å². The molecule has 0 aliphatic carbocycles. The highest BCUT2D eigenvalue weighted by atomic mass is 16.8. The van der Waals surface area contributed by atoms with Gasteiger partial charge in [0.2, 0.25) is 0 Å². The van der Waals surface area contributed by atoms with E-state index in [2.05, 4.69) is 13.2 Å². The lowest BCUT2D eigenvalue weighted by Crippen LogP contribution is -2.30. The standard InChI is InChI=1S/C25H34O7/c1-8-11-16(3)30-24(27)22-17(14-18(28-6)15-21(22)29-7)12-10-13-20-23(19(26)9-2)32-25(4,5)31-20/h8-9,14-16,20,23H,1-2,10-13H2,3-7H3/t16-,20-,23+/m0/s1. The maximum absolute atomic E-state index is 12.9. The molecule has 7 nitrogen and oxygen atoms in total. The van der Waals surface area contributed by atoms with E-state index in [0.717, 1.165) is 5.56 Å². The zero-order chi connectivity index (χ0) is 23.9. The normalized spacial score (nSPS) is 20.3. The molecular formula is C25H34O7. The van der Waals surface area contributed by atoms with E-state index in [9.17, 15) is 9.59 Å². The second-order valence-corrected chi connectivity index (χ2v) is 8.20. The summed E-state index contributed by atoms with van der Waals surface area (Å²) in [5.41, 5.74) is 1.11. The molecule has 7 heteroatoms. The van der Waals surface area contributed by atoms with E-state index >= 15 is 0 Å². The van der Waals surface area contributed by atoms with Crippen molar-refractivity contribution in [3.8, 4) is 11.5 Å². The third kappa shape index (κ3) is 6.43. The smallest absolute Gasteiger partial charge is 0.342 e. The second-order valence-electron chi connectivity index (χ2n) is 8.20. The van der Waals surface area contributed by atoms with Crippen molar-refractivity contribution in [3.63, 3.8) is 0 Å². The van der Waals surface area contributed by atoms with E-state index in [1.54, 1.807) is 39.2 Å². The molecular weight excluding hydrogens is 412 g/mol. The van der Waals surface area contributed by atoms with Gasteiger partial charge in [0, 0.05) is 12.5 Å². The van der Waals surface area contributed by atoms with Crippen LogP contribution in [0.1, 0.15) is 56.0 Å². The van der Waals surface area contributed by atoms with E-state index in [1.165, 1.54) is 13.2 Å². The molecule has 1 saturated heterocycles. The first-order chi connectivity index (χ1) is 15.1. The van der Waals surface area contributed by atoms with Crippen LogP contribution >= 0.6 is 0 Å². The largest absolute Gasteiger partial charge is 0.497 e. The minimum Gasteiger partial charge on any atom is -0.497 e. The summed E-state index contributed by atoms with van der Waals surface area (Å²) in [4.78, 5) is 25.1. The number of esters is 1. The highest BCUT2D eigenvalue weighted by molar-refractivity contribution is 5.95. The fraction of sp³-hybridized carbons (Fsp3) is 0.520. The Kier molecular flexibility index (Phi) is 9.04. The molecule has 2 rings (SSSR count). The van der Waals surface area contributed by atoms with Gasteiger partial charge >= 0.3 is 5.97 Å². The van der Waals surface area contributed by atoms with Crippen LogP contribution in [0.4, 0.5) is 0 Å². The number of hydrogen-bond donors (Lipinski definition) is 0. The number of rotatable bonds is 12. The molecule has 176 valence electrons. The van der Waals surface area contributed by atoms with Crippen LogP contribution in [0.5, 0.6) is 11.5 Å². The summed E-state index contributed by atoms with van der Waals surface area (Å²) in [7, 11) is 3.06. The molecule has 0 radical (unpaired) electrons. The number of ketones is 1. The van der Waals surface area contributed by atoms with Crippen LogP contribution in [-0.2, 0) is 25.4 Å². The minimum absolute atomic E-state index is 0.205. The third-order valence-electron chi connectivity index (χ3n) is 5.22. The summed E-state index contributed by atoms with van der Waals surface area (Å²) in [6, 6.07) is 3.47. The first-order valence-electron chi connectivity index (χ1n) is 10.7. The number of hydrogen-bond acceptors (Lipinski definition) is 7. The summed E-state index contributed by atoms with van der Waals surface area (Å²) in [6.45, 7) is 12.6.